The number of anilines is 1. The smallest absolute Gasteiger partial charge is 0.270 e. The lowest BCUT2D eigenvalue weighted by atomic mass is 10.0. The van der Waals surface area contributed by atoms with Crippen LogP contribution in [-0.2, 0) is 0 Å². The van der Waals surface area contributed by atoms with Gasteiger partial charge in [0.15, 0.2) is 5.13 Å². The molecule has 5 nitrogen and oxygen atoms in total. The minimum atomic E-state index is -0.178. The highest BCUT2D eigenvalue weighted by molar-refractivity contribution is 7.13. The second-order valence-corrected chi connectivity index (χ2v) is 5.35. The lowest BCUT2D eigenvalue weighted by Crippen LogP contribution is -2.48. The number of nitrogens with zero attached hydrogens (tertiary/aromatic N) is 2. The maximum absolute atomic E-state index is 11.7. The monoisotopic (exact) mass is 242 g/mol. The van der Waals surface area contributed by atoms with Gasteiger partial charge in [0.05, 0.1) is 0 Å². The molecule has 1 rings (SSSR count). The van der Waals surface area contributed by atoms with Gasteiger partial charge in [-0.25, -0.2) is 4.98 Å². The summed E-state index contributed by atoms with van der Waals surface area (Å²) in [5.41, 5.74) is 5.77. The Labute approximate surface area is 99.7 Å². The molecule has 0 saturated heterocycles. The van der Waals surface area contributed by atoms with Crippen molar-refractivity contribution in [1.29, 1.82) is 0 Å². The molecule has 0 fully saturated rings. The predicted molar refractivity (Wildman–Crippen MR) is 66.6 cm³/mol. The van der Waals surface area contributed by atoms with Crippen molar-refractivity contribution in [3.8, 4) is 0 Å². The van der Waals surface area contributed by atoms with Crippen molar-refractivity contribution in [2.24, 2.45) is 0 Å². The van der Waals surface area contributed by atoms with Gasteiger partial charge in [0.25, 0.3) is 5.91 Å². The SMILES string of the molecule is CN(C)C(C)(C)CNC(=O)c1csc(N)n1. The van der Waals surface area contributed by atoms with Crippen molar-refractivity contribution in [2.75, 3.05) is 26.4 Å². The standard InChI is InChI=1S/C10H18N4OS/c1-10(2,14(3)4)6-12-8(15)7-5-16-9(11)13-7/h5H,6H2,1-4H3,(H2,11,13)(H,12,15). The van der Waals surface area contributed by atoms with E-state index < -0.39 is 0 Å². The lowest BCUT2D eigenvalue weighted by Gasteiger charge is -2.32. The van der Waals surface area contributed by atoms with Crippen LogP contribution in [0.4, 0.5) is 5.13 Å². The summed E-state index contributed by atoms with van der Waals surface area (Å²) in [4.78, 5) is 17.7. The Morgan fingerprint density at radius 2 is 2.25 bits per heavy atom. The fourth-order valence-electron chi connectivity index (χ4n) is 0.937. The molecule has 0 aliphatic heterocycles. The van der Waals surface area contributed by atoms with Crippen LogP contribution in [0.3, 0.4) is 0 Å². The molecule has 0 aliphatic carbocycles. The number of thiazole rings is 1. The third-order valence-corrected chi connectivity index (χ3v) is 3.32. The minimum absolute atomic E-state index is 0.0861. The first kappa shape index (κ1) is 12.9. The molecule has 6 heteroatoms. The first-order chi connectivity index (χ1) is 7.33. The summed E-state index contributed by atoms with van der Waals surface area (Å²) in [6.07, 6.45) is 0. The topological polar surface area (TPSA) is 71.2 Å². The number of nitrogen functional groups attached to an aromatic ring is 1. The molecule has 0 unspecified atom stereocenters. The number of rotatable bonds is 4. The third-order valence-electron chi connectivity index (χ3n) is 2.65. The van der Waals surface area contributed by atoms with Crippen LogP contribution in [0, 0.1) is 0 Å². The van der Waals surface area contributed by atoms with Crippen molar-refractivity contribution in [2.45, 2.75) is 19.4 Å². The zero-order chi connectivity index (χ0) is 12.3. The molecule has 1 heterocycles. The molecule has 1 aromatic rings. The number of amides is 1. The number of nitrogens with two attached hydrogens (primary N) is 1. The molecule has 0 aromatic carbocycles. The fraction of sp³-hybridized carbons (Fsp3) is 0.600. The van der Waals surface area contributed by atoms with Crippen LogP contribution < -0.4 is 11.1 Å². The van der Waals surface area contributed by atoms with E-state index >= 15 is 0 Å². The van der Waals surface area contributed by atoms with Gasteiger partial charge in [0.2, 0.25) is 0 Å². The van der Waals surface area contributed by atoms with Gasteiger partial charge in [-0.1, -0.05) is 0 Å². The Hall–Kier alpha value is -1.14. The van der Waals surface area contributed by atoms with Gasteiger partial charge in [-0.05, 0) is 27.9 Å². The largest absolute Gasteiger partial charge is 0.375 e. The molecule has 0 atom stereocenters. The average molecular weight is 242 g/mol. The van der Waals surface area contributed by atoms with E-state index in [9.17, 15) is 4.79 Å². The van der Waals surface area contributed by atoms with Crippen LogP contribution in [0.2, 0.25) is 0 Å². The van der Waals surface area contributed by atoms with Gasteiger partial charge in [-0.2, -0.15) is 0 Å². The highest BCUT2D eigenvalue weighted by atomic mass is 32.1. The summed E-state index contributed by atoms with van der Waals surface area (Å²) < 4.78 is 0. The number of nitrogens with one attached hydrogen (secondary N) is 1. The van der Waals surface area contributed by atoms with Gasteiger partial charge in [0, 0.05) is 17.5 Å². The number of hydrogen-bond acceptors (Lipinski definition) is 5. The summed E-state index contributed by atoms with van der Waals surface area (Å²) in [5.74, 6) is -0.178. The fourth-order valence-corrected chi connectivity index (χ4v) is 1.48. The summed E-state index contributed by atoms with van der Waals surface area (Å²) in [6.45, 7) is 4.68. The highest BCUT2D eigenvalue weighted by Gasteiger charge is 2.21. The van der Waals surface area contributed by atoms with Gasteiger partial charge in [-0.3, -0.25) is 4.79 Å². The minimum Gasteiger partial charge on any atom is -0.375 e. The molecule has 1 amide bonds. The zero-order valence-electron chi connectivity index (χ0n) is 10.1. The van der Waals surface area contributed by atoms with Crippen molar-refractivity contribution in [3.05, 3.63) is 11.1 Å². The first-order valence-electron chi connectivity index (χ1n) is 4.99. The van der Waals surface area contributed by atoms with Gasteiger partial charge in [-0.15, -0.1) is 11.3 Å². The van der Waals surface area contributed by atoms with Crippen LogP contribution in [-0.4, -0.2) is 42.0 Å². The Bertz CT molecular complexity index is 373. The first-order valence-corrected chi connectivity index (χ1v) is 5.87. The summed E-state index contributed by atoms with van der Waals surface area (Å²) in [6, 6.07) is 0. The lowest BCUT2D eigenvalue weighted by molar-refractivity contribution is 0.0915. The molecule has 3 N–H and O–H groups in total. The van der Waals surface area contributed by atoms with Crippen LogP contribution in [0.15, 0.2) is 5.38 Å². The van der Waals surface area contributed by atoms with Gasteiger partial charge in [0.1, 0.15) is 5.69 Å². The Balaban J connectivity index is 2.54. The van der Waals surface area contributed by atoms with E-state index in [4.69, 9.17) is 5.73 Å². The second kappa shape index (κ2) is 4.80. The Morgan fingerprint density at radius 1 is 1.62 bits per heavy atom. The summed E-state index contributed by atoms with van der Waals surface area (Å²) in [7, 11) is 3.96. The maximum atomic E-state index is 11.7. The number of carbonyl (C=O) groups is 1. The molecular formula is C10H18N4OS. The molecule has 0 radical (unpaired) electrons. The van der Waals surface area contributed by atoms with E-state index in [1.54, 1.807) is 5.38 Å². The van der Waals surface area contributed by atoms with E-state index in [1.165, 1.54) is 11.3 Å². The Morgan fingerprint density at radius 3 is 2.69 bits per heavy atom. The van der Waals surface area contributed by atoms with E-state index in [0.29, 0.717) is 17.4 Å². The summed E-state index contributed by atoms with van der Waals surface area (Å²) >= 11 is 1.27. The maximum Gasteiger partial charge on any atom is 0.270 e. The van der Waals surface area contributed by atoms with Crippen molar-refractivity contribution >= 4 is 22.4 Å². The van der Waals surface area contributed by atoms with Gasteiger partial charge < -0.3 is 16.0 Å². The number of hydrogen-bond donors (Lipinski definition) is 2. The van der Waals surface area contributed by atoms with E-state index in [1.807, 2.05) is 14.1 Å². The van der Waals surface area contributed by atoms with Crippen molar-refractivity contribution in [3.63, 3.8) is 0 Å². The van der Waals surface area contributed by atoms with E-state index in [0.717, 1.165) is 0 Å². The van der Waals surface area contributed by atoms with Crippen LogP contribution >= 0.6 is 11.3 Å². The second-order valence-electron chi connectivity index (χ2n) is 4.46. The predicted octanol–water partition coefficient (Wildman–Crippen LogP) is 0.795. The van der Waals surface area contributed by atoms with E-state index in [2.05, 4.69) is 29.0 Å². The molecular weight excluding hydrogens is 224 g/mol. The molecule has 1 aromatic heterocycles. The molecule has 16 heavy (non-hydrogen) atoms. The Kier molecular flexibility index (Phi) is 3.88. The third kappa shape index (κ3) is 3.18. The number of carbonyl (C=O) groups excluding carboxylic acids is 1. The molecule has 0 spiro atoms. The van der Waals surface area contributed by atoms with Crippen LogP contribution in [0.25, 0.3) is 0 Å². The van der Waals surface area contributed by atoms with Crippen LogP contribution in [0.1, 0.15) is 24.3 Å². The number of aromatic nitrogens is 1. The quantitative estimate of drug-likeness (QED) is 0.819. The molecule has 0 bridgehead atoms. The average Bonchev–Trinajstić information content (AvgIpc) is 2.61. The van der Waals surface area contributed by atoms with Crippen molar-refractivity contribution in [1.82, 2.24) is 15.2 Å². The molecule has 90 valence electrons. The normalized spacial score (nSPS) is 11.8. The van der Waals surface area contributed by atoms with E-state index in [-0.39, 0.29) is 11.4 Å². The van der Waals surface area contributed by atoms with Crippen molar-refractivity contribution < 1.29 is 4.79 Å². The van der Waals surface area contributed by atoms with Gasteiger partial charge >= 0.3 is 0 Å². The molecule has 0 saturated carbocycles. The summed E-state index contributed by atoms with van der Waals surface area (Å²) in [5, 5.41) is 4.92. The van der Waals surface area contributed by atoms with Crippen LogP contribution in [0.5, 0.6) is 0 Å². The molecule has 0 aliphatic rings. The zero-order valence-corrected chi connectivity index (χ0v) is 10.9. The number of likely N-dealkylation sites (N-methyl/N-ethyl adjacent to an activating group) is 1. The highest BCUT2D eigenvalue weighted by Crippen LogP contribution is 2.12.